The third-order valence-electron chi connectivity index (χ3n) is 2.53. The summed E-state index contributed by atoms with van der Waals surface area (Å²) in [6, 6.07) is 6.02. The Morgan fingerprint density at radius 3 is 3.00 bits per heavy atom. The zero-order valence-electron chi connectivity index (χ0n) is 11.3. The SMILES string of the molecule is CCC(CC(=O)OCCSSc1ccccn1)NC. The minimum absolute atomic E-state index is 0.135. The highest BCUT2D eigenvalue weighted by Gasteiger charge is 2.10. The lowest BCUT2D eigenvalue weighted by atomic mass is 10.1. The molecule has 4 nitrogen and oxygen atoms in total. The molecule has 1 aromatic rings. The highest BCUT2D eigenvalue weighted by Crippen LogP contribution is 2.28. The standard InChI is InChI=1S/C13H20N2O2S2/c1-3-11(14-2)10-13(16)17-8-9-18-19-12-6-4-5-7-15-12/h4-7,11,14H,3,8-10H2,1-2H3. The van der Waals surface area contributed by atoms with E-state index in [2.05, 4.69) is 10.3 Å². The summed E-state index contributed by atoms with van der Waals surface area (Å²) in [5.41, 5.74) is 0. The molecule has 0 amide bonds. The first-order valence-corrected chi connectivity index (χ1v) is 8.61. The number of aromatic nitrogens is 1. The first-order chi connectivity index (χ1) is 9.26. The molecule has 19 heavy (non-hydrogen) atoms. The molecule has 1 heterocycles. The van der Waals surface area contributed by atoms with Crippen LogP contribution in [0.5, 0.6) is 0 Å². The number of carbonyl (C=O) groups is 1. The molecule has 0 aromatic carbocycles. The molecule has 0 saturated carbocycles. The summed E-state index contributed by atoms with van der Waals surface area (Å²) in [6.45, 7) is 2.50. The average molecular weight is 300 g/mol. The van der Waals surface area contributed by atoms with Crippen LogP contribution in [0.15, 0.2) is 29.4 Å². The molecule has 6 heteroatoms. The van der Waals surface area contributed by atoms with Gasteiger partial charge in [-0.25, -0.2) is 4.98 Å². The van der Waals surface area contributed by atoms with E-state index in [0.717, 1.165) is 17.2 Å². The molecule has 0 bridgehead atoms. The minimum Gasteiger partial charge on any atom is -0.465 e. The first kappa shape index (κ1) is 16.3. The molecule has 0 radical (unpaired) electrons. The van der Waals surface area contributed by atoms with E-state index in [1.807, 2.05) is 32.2 Å². The van der Waals surface area contributed by atoms with E-state index in [0.29, 0.717) is 13.0 Å². The summed E-state index contributed by atoms with van der Waals surface area (Å²) < 4.78 is 5.18. The van der Waals surface area contributed by atoms with Crippen molar-refractivity contribution < 1.29 is 9.53 Å². The maximum Gasteiger partial charge on any atom is 0.307 e. The van der Waals surface area contributed by atoms with E-state index in [9.17, 15) is 4.79 Å². The topological polar surface area (TPSA) is 51.2 Å². The second-order valence-corrected chi connectivity index (χ2v) is 6.33. The Morgan fingerprint density at radius 2 is 2.37 bits per heavy atom. The third-order valence-corrected chi connectivity index (χ3v) is 4.76. The number of hydrogen-bond donors (Lipinski definition) is 1. The van der Waals surface area contributed by atoms with Crippen molar-refractivity contribution in [3.63, 3.8) is 0 Å². The van der Waals surface area contributed by atoms with Crippen molar-refractivity contribution in [1.82, 2.24) is 10.3 Å². The molecule has 106 valence electrons. The van der Waals surface area contributed by atoms with E-state index in [1.54, 1.807) is 27.8 Å². The summed E-state index contributed by atoms with van der Waals surface area (Å²) in [7, 11) is 5.10. The highest BCUT2D eigenvalue weighted by molar-refractivity contribution is 8.76. The lowest BCUT2D eigenvalue weighted by Gasteiger charge is -2.12. The molecular weight excluding hydrogens is 280 g/mol. The van der Waals surface area contributed by atoms with Gasteiger partial charge in [0.15, 0.2) is 0 Å². The molecule has 1 unspecified atom stereocenters. The quantitative estimate of drug-likeness (QED) is 0.430. The minimum atomic E-state index is -0.135. The highest BCUT2D eigenvalue weighted by atomic mass is 33.1. The number of pyridine rings is 1. The van der Waals surface area contributed by atoms with Gasteiger partial charge in [-0.15, -0.1) is 0 Å². The lowest BCUT2D eigenvalue weighted by molar-refractivity contribution is -0.143. The van der Waals surface area contributed by atoms with E-state index in [1.165, 1.54) is 0 Å². The van der Waals surface area contributed by atoms with Crippen LogP contribution in [0.2, 0.25) is 0 Å². The van der Waals surface area contributed by atoms with Gasteiger partial charge in [0.05, 0.1) is 6.42 Å². The van der Waals surface area contributed by atoms with E-state index >= 15 is 0 Å². The normalized spacial score (nSPS) is 12.1. The predicted molar refractivity (Wildman–Crippen MR) is 81.3 cm³/mol. The maximum atomic E-state index is 11.5. The van der Waals surface area contributed by atoms with Crippen molar-refractivity contribution in [2.24, 2.45) is 0 Å². The van der Waals surface area contributed by atoms with Crippen molar-refractivity contribution in [2.45, 2.75) is 30.8 Å². The Kier molecular flexibility index (Phi) is 8.69. The summed E-state index contributed by atoms with van der Waals surface area (Å²) >= 11 is 0. The van der Waals surface area contributed by atoms with Crippen LogP contribution in [0.25, 0.3) is 0 Å². The Labute approximate surface area is 122 Å². The van der Waals surface area contributed by atoms with E-state index in [4.69, 9.17) is 4.74 Å². The van der Waals surface area contributed by atoms with Crippen molar-refractivity contribution in [3.05, 3.63) is 24.4 Å². The second-order valence-electron chi connectivity index (χ2n) is 3.89. The fourth-order valence-corrected chi connectivity index (χ4v) is 3.10. The fraction of sp³-hybridized carbons (Fsp3) is 0.538. The van der Waals surface area contributed by atoms with Gasteiger partial charge in [-0.3, -0.25) is 4.79 Å². The van der Waals surface area contributed by atoms with Gasteiger partial charge in [0.25, 0.3) is 0 Å². The summed E-state index contributed by atoms with van der Waals surface area (Å²) in [5.74, 6) is 0.633. The Hall–Kier alpha value is -0.720. The second kappa shape index (κ2) is 10.1. The van der Waals surface area contributed by atoms with Crippen molar-refractivity contribution in [3.8, 4) is 0 Å². The van der Waals surface area contributed by atoms with Crippen molar-refractivity contribution in [2.75, 3.05) is 19.4 Å². The zero-order valence-corrected chi connectivity index (χ0v) is 12.9. The molecule has 1 atom stereocenters. The van der Waals surface area contributed by atoms with E-state index in [-0.39, 0.29) is 12.0 Å². The van der Waals surface area contributed by atoms with Gasteiger partial charge in [0.2, 0.25) is 0 Å². The monoisotopic (exact) mass is 300 g/mol. The molecule has 0 spiro atoms. The van der Waals surface area contributed by atoms with Gasteiger partial charge in [-0.1, -0.05) is 23.8 Å². The number of carbonyl (C=O) groups excluding carboxylic acids is 1. The van der Waals surface area contributed by atoms with Crippen LogP contribution in [0.4, 0.5) is 0 Å². The van der Waals surface area contributed by atoms with Crippen LogP contribution in [-0.2, 0) is 9.53 Å². The molecular formula is C13H20N2O2S2. The average Bonchev–Trinajstić information content (AvgIpc) is 2.45. The van der Waals surface area contributed by atoms with Crippen LogP contribution >= 0.6 is 21.6 Å². The Bertz CT molecular complexity index is 359. The molecule has 0 aliphatic carbocycles. The largest absolute Gasteiger partial charge is 0.465 e. The van der Waals surface area contributed by atoms with Crippen molar-refractivity contribution in [1.29, 1.82) is 0 Å². The van der Waals surface area contributed by atoms with Gasteiger partial charge < -0.3 is 10.1 Å². The summed E-state index contributed by atoms with van der Waals surface area (Å²) in [4.78, 5) is 15.7. The van der Waals surface area contributed by atoms with E-state index < -0.39 is 0 Å². The molecule has 1 rings (SSSR count). The molecule has 0 aliphatic heterocycles. The number of ether oxygens (including phenoxy) is 1. The Balaban J connectivity index is 2.06. The van der Waals surface area contributed by atoms with Crippen molar-refractivity contribution >= 4 is 27.6 Å². The van der Waals surface area contributed by atoms with Gasteiger partial charge in [-0.2, -0.15) is 0 Å². The molecule has 0 aliphatic rings. The summed E-state index contributed by atoms with van der Waals surface area (Å²) in [6.07, 6.45) is 3.13. The van der Waals surface area contributed by atoms with Gasteiger partial charge >= 0.3 is 5.97 Å². The number of esters is 1. The third kappa shape index (κ3) is 7.44. The predicted octanol–water partition coefficient (Wildman–Crippen LogP) is 2.75. The lowest BCUT2D eigenvalue weighted by Crippen LogP contribution is -2.28. The smallest absolute Gasteiger partial charge is 0.307 e. The van der Waals surface area contributed by atoms with Crippen LogP contribution in [0.3, 0.4) is 0 Å². The number of hydrogen-bond acceptors (Lipinski definition) is 6. The fourth-order valence-electron chi connectivity index (χ4n) is 1.40. The Morgan fingerprint density at radius 1 is 1.53 bits per heavy atom. The van der Waals surface area contributed by atoms with Gasteiger partial charge in [0.1, 0.15) is 11.6 Å². The zero-order chi connectivity index (χ0) is 13.9. The number of rotatable bonds is 9. The number of nitrogens with one attached hydrogen (secondary N) is 1. The number of nitrogens with zero attached hydrogens (tertiary/aromatic N) is 1. The molecule has 1 aromatic heterocycles. The molecule has 1 N–H and O–H groups in total. The van der Waals surface area contributed by atoms with Crippen LogP contribution in [-0.4, -0.2) is 36.4 Å². The maximum absolute atomic E-state index is 11.5. The van der Waals surface area contributed by atoms with Crippen LogP contribution in [0.1, 0.15) is 19.8 Å². The molecule has 0 saturated heterocycles. The van der Waals surface area contributed by atoms with Gasteiger partial charge in [-0.05, 0) is 36.4 Å². The summed E-state index contributed by atoms with van der Waals surface area (Å²) in [5, 5.41) is 4.06. The molecule has 0 fully saturated rings. The first-order valence-electron chi connectivity index (χ1n) is 6.29. The van der Waals surface area contributed by atoms with Crippen LogP contribution < -0.4 is 5.32 Å². The van der Waals surface area contributed by atoms with Gasteiger partial charge in [0, 0.05) is 18.0 Å². The van der Waals surface area contributed by atoms with Crippen LogP contribution in [0, 0.1) is 0 Å².